The topological polar surface area (TPSA) is 57.8 Å². The highest BCUT2D eigenvalue weighted by molar-refractivity contribution is 5.97. The maximum atomic E-state index is 12.1. The first-order valence-corrected chi connectivity index (χ1v) is 6.51. The molecule has 2 aromatic heterocycles. The number of pyridine rings is 1. The molecule has 0 aliphatic rings. The summed E-state index contributed by atoms with van der Waals surface area (Å²) in [5, 5.41) is 3.90. The number of hydrogen-bond donors (Lipinski definition) is 2. The van der Waals surface area contributed by atoms with Crippen molar-refractivity contribution in [2.45, 2.75) is 13.5 Å². The number of hydrogen-bond acceptors (Lipinski definition) is 2. The Labute approximate surface area is 116 Å². The molecule has 4 nitrogen and oxygen atoms in total. The Morgan fingerprint density at radius 1 is 1.20 bits per heavy atom. The van der Waals surface area contributed by atoms with Crippen LogP contribution in [0.25, 0.3) is 10.9 Å². The number of aryl methyl sites for hydroxylation is 1. The van der Waals surface area contributed by atoms with Gasteiger partial charge in [0.25, 0.3) is 5.91 Å². The number of H-pyrrole nitrogens is 1. The van der Waals surface area contributed by atoms with Crippen molar-refractivity contribution in [3.05, 3.63) is 65.6 Å². The molecule has 0 radical (unpaired) electrons. The molecular formula is C16H15N3O. The fourth-order valence-corrected chi connectivity index (χ4v) is 2.16. The van der Waals surface area contributed by atoms with E-state index in [1.165, 1.54) is 0 Å². The van der Waals surface area contributed by atoms with E-state index in [4.69, 9.17) is 0 Å². The highest BCUT2D eigenvalue weighted by Crippen LogP contribution is 2.14. The number of fused-ring (bicyclic) bond motifs is 1. The lowest BCUT2D eigenvalue weighted by atomic mass is 10.2. The van der Waals surface area contributed by atoms with Crippen LogP contribution in [0.3, 0.4) is 0 Å². The van der Waals surface area contributed by atoms with Crippen LogP contribution in [-0.2, 0) is 6.54 Å². The molecule has 0 fully saturated rings. The summed E-state index contributed by atoms with van der Waals surface area (Å²) >= 11 is 0. The zero-order chi connectivity index (χ0) is 13.9. The molecule has 2 N–H and O–H groups in total. The third-order valence-corrected chi connectivity index (χ3v) is 3.15. The van der Waals surface area contributed by atoms with E-state index >= 15 is 0 Å². The number of nitrogens with zero attached hydrogens (tertiary/aromatic N) is 1. The van der Waals surface area contributed by atoms with E-state index in [9.17, 15) is 4.79 Å². The summed E-state index contributed by atoms with van der Waals surface area (Å²) in [5.41, 5.74) is 3.34. The Bertz CT molecular complexity index is 728. The third-order valence-electron chi connectivity index (χ3n) is 3.15. The minimum absolute atomic E-state index is 0.121. The largest absolute Gasteiger partial charge is 0.351 e. The first-order valence-electron chi connectivity index (χ1n) is 6.51. The van der Waals surface area contributed by atoms with Crippen molar-refractivity contribution >= 4 is 16.8 Å². The van der Waals surface area contributed by atoms with Crippen molar-refractivity contribution < 1.29 is 4.79 Å². The Morgan fingerprint density at radius 3 is 2.85 bits per heavy atom. The van der Waals surface area contributed by atoms with Crippen LogP contribution in [0.5, 0.6) is 0 Å². The van der Waals surface area contributed by atoms with Crippen LogP contribution in [-0.4, -0.2) is 15.9 Å². The molecule has 0 aliphatic heterocycles. The van der Waals surface area contributed by atoms with Crippen LogP contribution in [0.4, 0.5) is 0 Å². The molecule has 20 heavy (non-hydrogen) atoms. The summed E-state index contributed by atoms with van der Waals surface area (Å²) in [5.74, 6) is -0.121. The predicted molar refractivity (Wildman–Crippen MR) is 78.4 cm³/mol. The SMILES string of the molecule is Cc1cccc(CNC(=O)c2cc3ccccc3[nH]2)n1. The first-order chi connectivity index (χ1) is 9.72. The smallest absolute Gasteiger partial charge is 0.268 e. The predicted octanol–water partition coefficient (Wildman–Crippen LogP) is 2.80. The number of aromatic amines is 1. The lowest BCUT2D eigenvalue weighted by Crippen LogP contribution is -2.23. The molecule has 3 aromatic rings. The quantitative estimate of drug-likeness (QED) is 0.765. The molecule has 1 amide bonds. The Morgan fingerprint density at radius 2 is 2.05 bits per heavy atom. The van der Waals surface area contributed by atoms with Gasteiger partial charge in [-0.15, -0.1) is 0 Å². The van der Waals surface area contributed by atoms with Crippen LogP contribution >= 0.6 is 0 Å². The van der Waals surface area contributed by atoms with Gasteiger partial charge in [-0.2, -0.15) is 0 Å². The van der Waals surface area contributed by atoms with Gasteiger partial charge in [0.15, 0.2) is 0 Å². The van der Waals surface area contributed by atoms with Crippen molar-refractivity contribution in [1.82, 2.24) is 15.3 Å². The summed E-state index contributed by atoms with van der Waals surface area (Å²) in [6.07, 6.45) is 0. The highest BCUT2D eigenvalue weighted by atomic mass is 16.1. The van der Waals surface area contributed by atoms with E-state index in [0.717, 1.165) is 22.3 Å². The number of benzene rings is 1. The van der Waals surface area contributed by atoms with E-state index in [1.54, 1.807) is 0 Å². The summed E-state index contributed by atoms with van der Waals surface area (Å²) in [4.78, 5) is 19.6. The van der Waals surface area contributed by atoms with Gasteiger partial charge < -0.3 is 10.3 Å². The second-order valence-electron chi connectivity index (χ2n) is 4.72. The summed E-state index contributed by atoms with van der Waals surface area (Å²) in [7, 11) is 0. The van der Waals surface area contributed by atoms with Gasteiger partial charge in [0, 0.05) is 16.6 Å². The summed E-state index contributed by atoms with van der Waals surface area (Å²) in [6, 6.07) is 15.5. The second kappa shape index (κ2) is 5.17. The number of nitrogens with one attached hydrogen (secondary N) is 2. The normalized spacial score (nSPS) is 10.7. The minimum atomic E-state index is -0.121. The van der Waals surface area contributed by atoms with Crippen LogP contribution in [0.1, 0.15) is 21.9 Å². The van der Waals surface area contributed by atoms with Crippen LogP contribution in [0.15, 0.2) is 48.5 Å². The Balaban J connectivity index is 1.73. The molecule has 0 saturated heterocycles. The maximum Gasteiger partial charge on any atom is 0.268 e. The average molecular weight is 265 g/mol. The second-order valence-corrected chi connectivity index (χ2v) is 4.72. The van der Waals surface area contributed by atoms with Gasteiger partial charge >= 0.3 is 0 Å². The van der Waals surface area contributed by atoms with Gasteiger partial charge in [0.2, 0.25) is 0 Å². The van der Waals surface area contributed by atoms with E-state index < -0.39 is 0 Å². The molecular weight excluding hydrogens is 250 g/mol. The monoisotopic (exact) mass is 265 g/mol. The zero-order valence-corrected chi connectivity index (χ0v) is 11.2. The Kier molecular flexibility index (Phi) is 3.21. The number of amides is 1. The molecule has 3 rings (SSSR count). The van der Waals surface area contributed by atoms with Crippen molar-refractivity contribution in [3.63, 3.8) is 0 Å². The summed E-state index contributed by atoms with van der Waals surface area (Å²) in [6.45, 7) is 2.36. The van der Waals surface area contributed by atoms with Crippen molar-refractivity contribution in [2.24, 2.45) is 0 Å². The van der Waals surface area contributed by atoms with Crippen LogP contribution in [0, 0.1) is 6.92 Å². The highest BCUT2D eigenvalue weighted by Gasteiger charge is 2.09. The number of carbonyl (C=O) groups is 1. The minimum Gasteiger partial charge on any atom is -0.351 e. The van der Waals surface area contributed by atoms with Crippen LogP contribution < -0.4 is 5.32 Å². The van der Waals surface area contributed by atoms with Crippen molar-refractivity contribution in [1.29, 1.82) is 0 Å². The van der Waals surface area contributed by atoms with Crippen molar-refractivity contribution in [3.8, 4) is 0 Å². The fraction of sp³-hybridized carbons (Fsp3) is 0.125. The van der Waals surface area contributed by atoms with E-state index in [2.05, 4.69) is 15.3 Å². The number of aromatic nitrogens is 2. The standard InChI is InChI=1S/C16H15N3O/c1-11-5-4-7-13(18-11)10-17-16(20)15-9-12-6-2-3-8-14(12)19-15/h2-9,19H,10H2,1H3,(H,17,20). The average Bonchev–Trinajstić information content (AvgIpc) is 2.89. The molecule has 0 saturated carbocycles. The molecule has 1 aromatic carbocycles. The van der Waals surface area contributed by atoms with Gasteiger partial charge in [-0.1, -0.05) is 24.3 Å². The molecule has 0 unspecified atom stereocenters. The lowest BCUT2D eigenvalue weighted by molar-refractivity contribution is 0.0946. The number of para-hydroxylation sites is 1. The molecule has 4 heteroatoms. The third kappa shape index (κ3) is 2.54. The van der Waals surface area contributed by atoms with Gasteiger partial charge in [0.05, 0.1) is 12.2 Å². The molecule has 0 bridgehead atoms. The lowest BCUT2D eigenvalue weighted by Gasteiger charge is -2.03. The van der Waals surface area contributed by atoms with Gasteiger partial charge in [0.1, 0.15) is 5.69 Å². The fourth-order valence-electron chi connectivity index (χ4n) is 2.16. The summed E-state index contributed by atoms with van der Waals surface area (Å²) < 4.78 is 0. The zero-order valence-electron chi connectivity index (χ0n) is 11.2. The van der Waals surface area contributed by atoms with E-state index in [0.29, 0.717) is 12.2 Å². The van der Waals surface area contributed by atoms with Gasteiger partial charge in [-0.25, -0.2) is 0 Å². The molecule has 0 spiro atoms. The van der Waals surface area contributed by atoms with Crippen LogP contribution in [0.2, 0.25) is 0 Å². The Hall–Kier alpha value is -2.62. The molecule has 2 heterocycles. The van der Waals surface area contributed by atoms with Crippen molar-refractivity contribution in [2.75, 3.05) is 0 Å². The first kappa shape index (κ1) is 12.4. The van der Waals surface area contributed by atoms with E-state index in [-0.39, 0.29) is 5.91 Å². The van der Waals surface area contributed by atoms with E-state index in [1.807, 2.05) is 55.5 Å². The maximum absolute atomic E-state index is 12.1. The van der Waals surface area contributed by atoms with Gasteiger partial charge in [-0.05, 0) is 31.2 Å². The number of carbonyl (C=O) groups excluding carboxylic acids is 1. The molecule has 0 aliphatic carbocycles. The van der Waals surface area contributed by atoms with Gasteiger partial charge in [-0.3, -0.25) is 9.78 Å². The number of rotatable bonds is 3. The molecule has 100 valence electrons. The molecule has 0 atom stereocenters.